The summed E-state index contributed by atoms with van der Waals surface area (Å²) in [7, 11) is 1.73. The van der Waals surface area contributed by atoms with Gasteiger partial charge in [0.25, 0.3) is 0 Å². The molecule has 4 saturated carbocycles. The zero-order valence-corrected chi connectivity index (χ0v) is 43.0. The van der Waals surface area contributed by atoms with Crippen LogP contribution in [0.3, 0.4) is 0 Å². The molecule has 9 aliphatic rings. The highest BCUT2D eigenvalue weighted by Gasteiger charge is 2.69. The topological polar surface area (TPSA) is 335 Å². The van der Waals surface area contributed by atoms with Gasteiger partial charge in [0.05, 0.1) is 44.7 Å². The number of fused-ring (bicyclic) bond motifs is 7. The van der Waals surface area contributed by atoms with E-state index in [4.69, 9.17) is 47.4 Å². The van der Waals surface area contributed by atoms with Gasteiger partial charge in [-0.15, -0.1) is 0 Å². The van der Waals surface area contributed by atoms with Crippen LogP contribution < -0.4 is 0 Å². The van der Waals surface area contributed by atoms with Crippen molar-refractivity contribution in [2.24, 2.45) is 52.3 Å². The van der Waals surface area contributed by atoms with Crippen LogP contribution in [0.4, 0.5) is 0 Å². The van der Waals surface area contributed by atoms with Crippen LogP contribution in [0.25, 0.3) is 0 Å². The highest BCUT2D eigenvalue weighted by Crippen LogP contribution is 2.71. The molecule has 22 heteroatoms. The fourth-order valence-electron chi connectivity index (χ4n) is 15.6. The molecule has 0 unspecified atom stereocenters. The van der Waals surface area contributed by atoms with E-state index in [1.165, 1.54) is 6.92 Å². The second-order valence-electron chi connectivity index (χ2n) is 24.0. The van der Waals surface area contributed by atoms with Crippen LogP contribution in [0.15, 0.2) is 0 Å². The first kappa shape index (κ1) is 56.8. The van der Waals surface area contributed by atoms with Crippen LogP contribution in [0.2, 0.25) is 0 Å². The Kier molecular flexibility index (Phi) is 17.4. The molecular formula is C51H86O22. The summed E-state index contributed by atoms with van der Waals surface area (Å²) < 4.78 is 61.3. The van der Waals surface area contributed by atoms with E-state index in [9.17, 15) is 61.3 Å². The summed E-state index contributed by atoms with van der Waals surface area (Å²) in [4.78, 5) is 0. The molecule has 0 bridgehead atoms. The lowest BCUT2D eigenvalue weighted by atomic mass is 9.44. The van der Waals surface area contributed by atoms with Gasteiger partial charge in [0, 0.05) is 19.4 Å². The van der Waals surface area contributed by atoms with Gasteiger partial charge in [0.2, 0.25) is 0 Å². The van der Waals surface area contributed by atoms with Gasteiger partial charge < -0.3 is 109 Å². The average molecular weight is 1050 g/mol. The summed E-state index contributed by atoms with van der Waals surface area (Å²) in [6.45, 7) is 9.37. The molecule has 22 nitrogen and oxygen atoms in total. The van der Waals surface area contributed by atoms with Crippen LogP contribution in [0.1, 0.15) is 98.8 Å². The third kappa shape index (κ3) is 10.2. The predicted octanol–water partition coefficient (Wildman–Crippen LogP) is -1.63. The Labute approximate surface area is 427 Å². The second kappa shape index (κ2) is 22.3. The van der Waals surface area contributed by atoms with Crippen LogP contribution in [-0.4, -0.2) is 230 Å². The largest absolute Gasteiger partial charge is 0.394 e. The van der Waals surface area contributed by atoms with Gasteiger partial charge in [-0.1, -0.05) is 27.7 Å². The number of methoxy groups -OCH3 is 1. The molecule has 73 heavy (non-hydrogen) atoms. The van der Waals surface area contributed by atoms with Crippen molar-refractivity contribution in [2.75, 3.05) is 33.5 Å². The minimum Gasteiger partial charge on any atom is -0.394 e. The normalized spacial score (nSPS) is 55.6. The number of ether oxygens (including phenoxy) is 10. The van der Waals surface area contributed by atoms with E-state index in [2.05, 4.69) is 20.8 Å². The van der Waals surface area contributed by atoms with E-state index in [1.54, 1.807) is 7.11 Å². The maximum atomic E-state index is 12.0. The molecule has 9 rings (SSSR count). The molecule has 0 aromatic rings. The van der Waals surface area contributed by atoms with E-state index in [0.29, 0.717) is 55.3 Å². The first-order valence-electron chi connectivity index (χ1n) is 27.0. The molecule has 12 N–H and O–H groups in total. The molecule has 9 fully saturated rings. The molecule has 5 heterocycles. The van der Waals surface area contributed by atoms with Crippen molar-refractivity contribution in [3.8, 4) is 0 Å². The van der Waals surface area contributed by atoms with Crippen molar-refractivity contribution in [3.63, 3.8) is 0 Å². The van der Waals surface area contributed by atoms with Gasteiger partial charge in [-0.3, -0.25) is 0 Å². The fourth-order valence-corrected chi connectivity index (χ4v) is 15.6. The lowest BCUT2D eigenvalue weighted by molar-refractivity contribution is -0.386. The Morgan fingerprint density at radius 1 is 0.616 bits per heavy atom. The Bertz CT molecular complexity index is 1820. The van der Waals surface area contributed by atoms with Gasteiger partial charge in [-0.05, 0) is 111 Å². The van der Waals surface area contributed by atoms with Crippen molar-refractivity contribution >= 4 is 0 Å². The van der Waals surface area contributed by atoms with E-state index >= 15 is 0 Å². The minimum atomic E-state index is -1.73. The number of rotatable bonds is 15. The summed E-state index contributed by atoms with van der Waals surface area (Å²) in [6.07, 6.45) is -18.9. The molecule has 0 aromatic carbocycles. The highest BCUT2D eigenvalue weighted by atomic mass is 16.8. The minimum absolute atomic E-state index is 0.0119. The number of hydrogen-bond acceptors (Lipinski definition) is 22. The predicted molar refractivity (Wildman–Crippen MR) is 249 cm³/mol. The van der Waals surface area contributed by atoms with Crippen molar-refractivity contribution in [1.29, 1.82) is 0 Å². The van der Waals surface area contributed by atoms with E-state index in [1.807, 2.05) is 6.92 Å². The van der Waals surface area contributed by atoms with E-state index in [0.717, 1.165) is 38.5 Å². The Balaban J connectivity index is 0.835. The summed E-state index contributed by atoms with van der Waals surface area (Å²) in [5, 5.41) is 126. The number of aliphatic hydroxyl groups is 12. The molecule has 0 aromatic heterocycles. The molecule has 422 valence electrons. The molecule has 0 radical (unpaired) electrons. The molecule has 0 amide bonds. The van der Waals surface area contributed by atoms with Gasteiger partial charge in [-0.2, -0.15) is 0 Å². The number of hydrogen-bond donors (Lipinski definition) is 12. The van der Waals surface area contributed by atoms with Gasteiger partial charge in [0.1, 0.15) is 85.5 Å². The van der Waals surface area contributed by atoms with Crippen LogP contribution >= 0.6 is 0 Å². The maximum absolute atomic E-state index is 12.0. The Morgan fingerprint density at radius 3 is 1.99 bits per heavy atom. The first-order valence-corrected chi connectivity index (χ1v) is 27.0. The zero-order valence-electron chi connectivity index (χ0n) is 43.0. The van der Waals surface area contributed by atoms with E-state index in [-0.39, 0.29) is 48.1 Å². The summed E-state index contributed by atoms with van der Waals surface area (Å²) in [5.74, 6) is 1.45. The van der Waals surface area contributed by atoms with Crippen molar-refractivity contribution in [2.45, 2.75) is 234 Å². The third-order valence-electron chi connectivity index (χ3n) is 20.0. The third-order valence-corrected chi connectivity index (χ3v) is 20.0. The van der Waals surface area contributed by atoms with E-state index < -0.39 is 136 Å². The van der Waals surface area contributed by atoms with Gasteiger partial charge in [-0.25, -0.2) is 0 Å². The molecule has 5 aliphatic heterocycles. The van der Waals surface area contributed by atoms with Crippen LogP contribution in [-0.2, 0) is 47.4 Å². The molecule has 5 saturated heterocycles. The summed E-state index contributed by atoms with van der Waals surface area (Å²) in [6, 6.07) is 0. The standard InChI is InChI=1S/C51H86O22/c1-21(19-65-45-40(61)38(59)36(57)31(17-52)69-45)9-14-51(64-6)22(2)33-30(73-51)16-28-26-8-7-24-15-25(10-12-49(24,4)27(26)11-13-50(28,33)5)68-48-44(72-47-41(62)37(58)34(55)23(3)67-47)42(63)43(32(18-53)70-48)71-46-39(60)35(56)29(54)20-66-46/h21-48,52-63H,7-20H2,1-6H3/t21-,22+,23+,24+,25-,26-,27+,28+,29-,30+,31+,32-,33+,34+,35+,36+,37-,38-,39-,40+,41-,42+,43-,44-,45+,46+,47+,48-,49+,50+,51+/m1/s1. The quantitative estimate of drug-likeness (QED) is 0.0819. The van der Waals surface area contributed by atoms with Crippen molar-refractivity contribution in [1.82, 2.24) is 0 Å². The molecule has 31 atom stereocenters. The first-order chi connectivity index (χ1) is 34.6. The Hall–Kier alpha value is -0.880. The van der Waals surface area contributed by atoms with Gasteiger partial charge >= 0.3 is 0 Å². The lowest BCUT2D eigenvalue weighted by Crippen LogP contribution is -2.66. The smallest absolute Gasteiger partial charge is 0.187 e. The van der Waals surface area contributed by atoms with Crippen molar-refractivity contribution in [3.05, 3.63) is 0 Å². The summed E-state index contributed by atoms with van der Waals surface area (Å²) in [5.41, 5.74) is 0.0790. The molecular weight excluding hydrogens is 965 g/mol. The average Bonchev–Trinajstić information content (AvgIpc) is 3.83. The molecule has 4 aliphatic carbocycles. The van der Waals surface area contributed by atoms with Crippen LogP contribution in [0.5, 0.6) is 0 Å². The Morgan fingerprint density at radius 2 is 1.27 bits per heavy atom. The second-order valence-corrected chi connectivity index (χ2v) is 24.0. The maximum Gasteiger partial charge on any atom is 0.187 e. The van der Waals surface area contributed by atoms with Crippen molar-refractivity contribution < 1.29 is 109 Å². The summed E-state index contributed by atoms with van der Waals surface area (Å²) >= 11 is 0. The monoisotopic (exact) mass is 1050 g/mol. The molecule has 0 spiro atoms. The SMILES string of the molecule is CO[C@@]1(CC[C@@H](C)CO[C@H]2O[C@@H](CO)[C@H](O)[C@@H](O)[C@@H]2O)O[C@H]2C[C@H]3[C@@H]4CC[C@H]5C[C@H](O[C@@H]6O[C@H](CO)[C@@H](O[C@@H]7OC[C@@H](O)[C@H](O)[C@H]7O)[C@H](O)[C@H]6O[C@@H]6O[C@@H](C)[C@H](O)[C@@H](O)[C@H]6O)CC[C@]5(C)[C@H]4CC[C@]3(C)[C@H]2[C@@H]1C. The highest BCUT2D eigenvalue weighted by molar-refractivity contribution is 5.15. The lowest BCUT2D eigenvalue weighted by Gasteiger charge is -2.61. The van der Waals surface area contributed by atoms with Crippen LogP contribution in [0, 0.1) is 52.3 Å². The van der Waals surface area contributed by atoms with Gasteiger partial charge in [0.15, 0.2) is 30.9 Å². The fraction of sp³-hybridized carbons (Fsp3) is 1.00. The number of aliphatic hydroxyl groups excluding tert-OH is 12. The zero-order chi connectivity index (χ0) is 52.6.